The van der Waals surface area contributed by atoms with E-state index in [9.17, 15) is 0 Å². The van der Waals surface area contributed by atoms with E-state index in [0.717, 1.165) is 0 Å². The van der Waals surface area contributed by atoms with Crippen molar-refractivity contribution in [3.8, 4) is 0 Å². The van der Waals surface area contributed by atoms with Crippen LogP contribution in [0, 0.1) is 0 Å². The zero-order valence-electron chi connectivity index (χ0n) is 6.53. The standard InChI is InChI=1S/C8H12NOS/c1-11-8-2-4-9(5-3-8)6-7-10/h2-5,10H,6-7H2,1H3/q+1. The van der Waals surface area contributed by atoms with Crippen LogP contribution in [0.15, 0.2) is 29.4 Å². The first-order chi connectivity index (χ1) is 5.36. The van der Waals surface area contributed by atoms with Crippen LogP contribution in [0.4, 0.5) is 0 Å². The van der Waals surface area contributed by atoms with E-state index in [0.29, 0.717) is 6.54 Å². The molecule has 3 heteroatoms. The number of thioether (sulfide) groups is 1. The van der Waals surface area contributed by atoms with Gasteiger partial charge < -0.3 is 5.11 Å². The quantitative estimate of drug-likeness (QED) is 0.533. The van der Waals surface area contributed by atoms with Crippen molar-refractivity contribution in [2.75, 3.05) is 12.9 Å². The number of nitrogens with zero attached hydrogens (tertiary/aromatic N) is 1. The molecule has 11 heavy (non-hydrogen) atoms. The van der Waals surface area contributed by atoms with Gasteiger partial charge in [-0.15, -0.1) is 11.8 Å². The average Bonchev–Trinajstić information content (AvgIpc) is 2.07. The van der Waals surface area contributed by atoms with Crippen LogP contribution in [0.25, 0.3) is 0 Å². The number of aliphatic hydroxyl groups excluding tert-OH is 1. The van der Waals surface area contributed by atoms with Gasteiger partial charge in [-0.1, -0.05) is 0 Å². The number of rotatable bonds is 3. The second-order valence-electron chi connectivity index (χ2n) is 2.20. The lowest BCUT2D eigenvalue weighted by molar-refractivity contribution is -0.698. The lowest BCUT2D eigenvalue weighted by atomic mass is 10.5. The molecule has 0 bridgehead atoms. The second kappa shape index (κ2) is 4.36. The number of pyridine rings is 1. The summed E-state index contributed by atoms with van der Waals surface area (Å²) in [4.78, 5) is 1.25. The van der Waals surface area contributed by atoms with E-state index >= 15 is 0 Å². The van der Waals surface area contributed by atoms with Crippen molar-refractivity contribution in [1.29, 1.82) is 0 Å². The van der Waals surface area contributed by atoms with Crippen LogP contribution in [-0.2, 0) is 6.54 Å². The van der Waals surface area contributed by atoms with Gasteiger partial charge in [0.2, 0.25) is 0 Å². The summed E-state index contributed by atoms with van der Waals surface area (Å²) in [6.07, 6.45) is 6.00. The van der Waals surface area contributed by atoms with E-state index < -0.39 is 0 Å². The van der Waals surface area contributed by atoms with Gasteiger partial charge in [0.05, 0.1) is 0 Å². The molecule has 0 radical (unpaired) electrons. The Hall–Kier alpha value is -0.540. The van der Waals surface area contributed by atoms with Gasteiger partial charge >= 0.3 is 0 Å². The monoisotopic (exact) mass is 170 g/mol. The Morgan fingerprint density at radius 2 is 2.09 bits per heavy atom. The van der Waals surface area contributed by atoms with Crippen molar-refractivity contribution >= 4 is 11.8 Å². The molecule has 0 aromatic carbocycles. The average molecular weight is 170 g/mol. The zero-order chi connectivity index (χ0) is 8.10. The highest BCUT2D eigenvalue weighted by atomic mass is 32.2. The van der Waals surface area contributed by atoms with E-state index in [2.05, 4.69) is 0 Å². The minimum Gasteiger partial charge on any atom is -0.390 e. The lowest BCUT2D eigenvalue weighted by Gasteiger charge is -1.94. The third kappa shape index (κ3) is 2.52. The van der Waals surface area contributed by atoms with E-state index in [1.807, 2.05) is 35.3 Å². The maximum absolute atomic E-state index is 8.62. The van der Waals surface area contributed by atoms with Gasteiger partial charge in [-0.25, -0.2) is 4.57 Å². The highest BCUT2D eigenvalue weighted by molar-refractivity contribution is 7.98. The van der Waals surface area contributed by atoms with Crippen molar-refractivity contribution in [2.24, 2.45) is 0 Å². The summed E-state index contributed by atoms with van der Waals surface area (Å²) in [6, 6.07) is 4.08. The molecule has 60 valence electrons. The maximum Gasteiger partial charge on any atom is 0.171 e. The summed E-state index contributed by atoms with van der Waals surface area (Å²) in [6.45, 7) is 0.873. The molecule has 0 aliphatic heterocycles. The fourth-order valence-electron chi connectivity index (χ4n) is 0.844. The molecule has 0 atom stereocenters. The first kappa shape index (κ1) is 8.56. The second-order valence-corrected chi connectivity index (χ2v) is 3.08. The van der Waals surface area contributed by atoms with Crippen LogP contribution in [0.1, 0.15) is 0 Å². The van der Waals surface area contributed by atoms with Gasteiger partial charge in [-0.2, -0.15) is 0 Å². The minimum absolute atomic E-state index is 0.198. The molecule has 1 aromatic rings. The number of hydrogen-bond donors (Lipinski definition) is 1. The molecule has 0 saturated heterocycles. The third-order valence-corrected chi connectivity index (χ3v) is 2.20. The van der Waals surface area contributed by atoms with E-state index in [1.165, 1.54) is 4.90 Å². The van der Waals surface area contributed by atoms with E-state index in [-0.39, 0.29) is 6.61 Å². The number of aromatic nitrogens is 1. The number of aliphatic hydroxyl groups is 1. The molecule has 1 heterocycles. The predicted molar refractivity (Wildman–Crippen MR) is 45.5 cm³/mol. The fraction of sp³-hybridized carbons (Fsp3) is 0.375. The van der Waals surface area contributed by atoms with Gasteiger partial charge in [0.15, 0.2) is 18.9 Å². The fourth-order valence-corrected chi connectivity index (χ4v) is 1.24. The van der Waals surface area contributed by atoms with E-state index in [1.54, 1.807) is 11.8 Å². The highest BCUT2D eigenvalue weighted by Crippen LogP contribution is 2.10. The molecule has 0 aliphatic rings. The summed E-state index contributed by atoms with van der Waals surface area (Å²) in [5.41, 5.74) is 0. The Kier molecular flexibility index (Phi) is 3.39. The van der Waals surface area contributed by atoms with Crippen LogP contribution in [-0.4, -0.2) is 18.0 Å². The van der Waals surface area contributed by atoms with Crippen LogP contribution in [0.3, 0.4) is 0 Å². The molecule has 0 aliphatic carbocycles. The van der Waals surface area contributed by atoms with Crippen LogP contribution < -0.4 is 4.57 Å². The smallest absolute Gasteiger partial charge is 0.171 e. The largest absolute Gasteiger partial charge is 0.390 e. The first-order valence-electron chi connectivity index (χ1n) is 3.51. The van der Waals surface area contributed by atoms with Crippen molar-refractivity contribution in [3.63, 3.8) is 0 Å². The summed E-state index contributed by atoms with van der Waals surface area (Å²) >= 11 is 1.72. The Labute approximate surface area is 70.9 Å². The van der Waals surface area contributed by atoms with Gasteiger partial charge in [-0.3, -0.25) is 0 Å². The Morgan fingerprint density at radius 3 is 2.55 bits per heavy atom. The third-order valence-electron chi connectivity index (χ3n) is 1.45. The molecule has 0 unspecified atom stereocenters. The van der Waals surface area contributed by atoms with Gasteiger partial charge in [0, 0.05) is 17.0 Å². The van der Waals surface area contributed by atoms with Crippen molar-refractivity contribution in [3.05, 3.63) is 24.5 Å². The normalized spacial score (nSPS) is 10.0. The van der Waals surface area contributed by atoms with Crippen LogP contribution >= 0.6 is 11.8 Å². The molecule has 1 rings (SSSR count). The summed E-state index contributed by atoms with van der Waals surface area (Å²) in [5.74, 6) is 0. The van der Waals surface area contributed by atoms with Gasteiger partial charge in [0.25, 0.3) is 0 Å². The summed E-state index contributed by atoms with van der Waals surface area (Å²) in [7, 11) is 0. The summed E-state index contributed by atoms with van der Waals surface area (Å²) in [5, 5.41) is 8.62. The van der Waals surface area contributed by atoms with Crippen molar-refractivity contribution in [2.45, 2.75) is 11.4 Å². The SMILES string of the molecule is CSc1cc[n+](CCO)cc1. The van der Waals surface area contributed by atoms with Crippen molar-refractivity contribution in [1.82, 2.24) is 0 Å². The van der Waals surface area contributed by atoms with Crippen LogP contribution in [0.2, 0.25) is 0 Å². The molecular formula is C8H12NOS+. The molecule has 0 saturated carbocycles. The molecule has 0 fully saturated rings. The lowest BCUT2D eigenvalue weighted by Crippen LogP contribution is -2.34. The molecule has 0 amide bonds. The van der Waals surface area contributed by atoms with Crippen LogP contribution in [0.5, 0.6) is 0 Å². The molecule has 2 nitrogen and oxygen atoms in total. The highest BCUT2D eigenvalue weighted by Gasteiger charge is 1.97. The molecular weight excluding hydrogens is 158 g/mol. The molecule has 0 spiro atoms. The Balaban J connectivity index is 2.66. The summed E-state index contributed by atoms with van der Waals surface area (Å²) < 4.78 is 1.96. The van der Waals surface area contributed by atoms with Crippen molar-refractivity contribution < 1.29 is 9.67 Å². The Bertz CT molecular complexity index is 210. The Morgan fingerprint density at radius 1 is 1.45 bits per heavy atom. The van der Waals surface area contributed by atoms with E-state index in [4.69, 9.17) is 5.11 Å². The molecule has 1 N–H and O–H groups in total. The first-order valence-corrected chi connectivity index (χ1v) is 4.73. The van der Waals surface area contributed by atoms with Gasteiger partial charge in [0.1, 0.15) is 6.61 Å². The van der Waals surface area contributed by atoms with Gasteiger partial charge in [-0.05, 0) is 6.26 Å². The predicted octanol–water partition coefficient (Wildman–Crippen LogP) is 0.688. The minimum atomic E-state index is 0.198. The topological polar surface area (TPSA) is 24.1 Å². The zero-order valence-corrected chi connectivity index (χ0v) is 7.34. The maximum atomic E-state index is 8.62. The number of hydrogen-bond acceptors (Lipinski definition) is 2. The molecule has 1 aromatic heterocycles.